The summed E-state index contributed by atoms with van der Waals surface area (Å²) in [5, 5.41) is 0. The van der Waals surface area contributed by atoms with E-state index >= 15 is 0 Å². The maximum Gasteiger partial charge on any atom is 0.336 e. The fourth-order valence-corrected chi connectivity index (χ4v) is 1.67. The minimum Gasteiger partial charge on any atom is -0.384 e. The van der Waals surface area contributed by atoms with Crippen LogP contribution < -0.4 is 17.0 Å². The van der Waals surface area contributed by atoms with Crippen molar-refractivity contribution in [3.8, 4) is 5.69 Å². The third-order valence-electron chi connectivity index (χ3n) is 2.68. The third kappa shape index (κ3) is 1.64. The number of aldehydes is 1. The Bertz CT molecular complexity index is 714. The van der Waals surface area contributed by atoms with Crippen LogP contribution in [0, 0.1) is 0 Å². The third-order valence-corrected chi connectivity index (χ3v) is 2.68. The first-order chi connectivity index (χ1) is 8.57. The van der Waals surface area contributed by atoms with Gasteiger partial charge in [0.15, 0.2) is 6.29 Å². The molecule has 0 saturated heterocycles. The maximum atomic E-state index is 12.0. The van der Waals surface area contributed by atoms with Crippen molar-refractivity contribution in [1.82, 2.24) is 9.13 Å². The van der Waals surface area contributed by atoms with Crippen LogP contribution in [0.3, 0.4) is 0 Å². The summed E-state index contributed by atoms with van der Waals surface area (Å²) in [5.74, 6) is -0.132. The Morgan fingerprint density at radius 3 is 2.33 bits per heavy atom. The Labute approximate surface area is 102 Å². The molecule has 0 unspecified atom stereocenters. The Kier molecular flexibility index (Phi) is 2.85. The summed E-state index contributed by atoms with van der Waals surface area (Å²) in [7, 11) is 1.41. The van der Waals surface area contributed by atoms with Gasteiger partial charge in [-0.1, -0.05) is 18.2 Å². The molecule has 2 aromatic rings. The largest absolute Gasteiger partial charge is 0.384 e. The molecule has 0 amide bonds. The van der Waals surface area contributed by atoms with Gasteiger partial charge in [0, 0.05) is 7.05 Å². The number of aromatic nitrogens is 2. The van der Waals surface area contributed by atoms with E-state index in [1.54, 1.807) is 30.3 Å². The molecule has 1 aromatic heterocycles. The van der Waals surface area contributed by atoms with Crippen LogP contribution in [0.2, 0.25) is 0 Å². The second-order valence-corrected chi connectivity index (χ2v) is 3.73. The number of nitrogens with two attached hydrogens (primary N) is 1. The molecule has 0 fully saturated rings. The molecule has 0 atom stereocenters. The molecule has 18 heavy (non-hydrogen) atoms. The molecule has 6 nitrogen and oxygen atoms in total. The smallest absolute Gasteiger partial charge is 0.336 e. The lowest BCUT2D eigenvalue weighted by Gasteiger charge is -2.10. The lowest BCUT2D eigenvalue weighted by atomic mass is 10.3. The summed E-state index contributed by atoms with van der Waals surface area (Å²) in [6, 6.07) is 8.36. The average Bonchev–Trinajstić information content (AvgIpc) is 2.38. The van der Waals surface area contributed by atoms with Gasteiger partial charge in [-0.15, -0.1) is 0 Å². The summed E-state index contributed by atoms with van der Waals surface area (Å²) < 4.78 is 1.98. The SMILES string of the molecule is Cn1c(N)c(C=O)c(=O)n(-c2ccccc2)c1=O. The van der Waals surface area contributed by atoms with Crippen LogP contribution >= 0.6 is 0 Å². The molecule has 0 aliphatic rings. The van der Waals surface area contributed by atoms with Crippen molar-refractivity contribution in [1.29, 1.82) is 0 Å². The lowest BCUT2D eigenvalue weighted by molar-refractivity contribution is 0.112. The highest BCUT2D eigenvalue weighted by atomic mass is 16.2. The molecule has 0 saturated carbocycles. The van der Waals surface area contributed by atoms with E-state index in [4.69, 9.17) is 5.73 Å². The van der Waals surface area contributed by atoms with E-state index in [0.29, 0.717) is 12.0 Å². The molecule has 0 aliphatic carbocycles. The molecule has 92 valence electrons. The quantitative estimate of drug-likeness (QED) is 0.750. The van der Waals surface area contributed by atoms with Gasteiger partial charge in [0.05, 0.1) is 5.69 Å². The average molecular weight is 245 g/mol. The first kappa shape index (κ1) is 11.8. The first-order valence-corrected chi connectivity index (χ1v) is 5.20. The zero-order valence-electron chi connectivity index (χ0n) is 9.66. The van der Waals surface area contributed by atoms with Crippen molar-refractivity contribution in [2.75, 3.05) is 5.73 Å². The van der Waals surface area contributed by atoms with Crippen molar-refractivity contribution in [3.63, 3.8) is 0 Å². The summed E-state index contributed by atoms with van der Waals surface area (Å²) in [6.45, 7) is 0. The zero-order chi connectivity index (χ0) is 13.3. The van der Waals surface area contributed by atoms with Crippen LogP contribution in [0.4, 0.5) is 5.82 Å². The van der Waals surface area contributed by atoms with Crippen molar-refractivity contribution in [3.05, 3.63) is 56.7 Å². The number of hydrogen-bond donors (Lipinski definition) is 1. The Morgan fingerprint density at radius 1 is 1.17 bits per heavy atom. The fourth-order valence-electron chi connectivity index (χ4n) is 1.67. The van der Waals surface area contributed by atoms with Gasteiger partial charge in [0.25, 0.3) is 5.56 Å². The van der Waals surface area contributed by atoms with E-state index in [-0.39, 0.29) is 11.4 Å². The number of nitrogen functional groups attached to an aromatic ring is 1. The van der Waals surface area contributed by atoms with Gasteiger partial charge in [-0.05, 0) is 12.1 Å². The highest BCUT2D eigenvalue weighted by molar-refractivity contribution is 5.81. The predicted molar refractivity (Wildman–Crippen MR) is 67.1 cm³/mol. The maximum absolute atomic E-state index is 12.0. The van der Waals surface area contributed by atoms with E-state index in [9.17, 15) is 14.4 Å². The fraction of sp³-hybridized carbons (Fsp3) is 0.0833. The number of para-hydroxylation sites is 1. The topological polar surface area (TPSA) is 87.1 Å². The van der Waals surface area contributed by atoms with E-state index in [1.165, 1.54) is 7.05 Å². The molecule has 0 bridgehead atoms. The summed E-state index contributed by atoms with van der Waals surface area (Å²) in [6.07, 6.45) is 0.358. The number of carbonyl (C=O) groups is 1. The van der Waals surface area contributed by atoms with E-state index in [1.807, 2.05) is 0 Å². The van der Waals surface area contributed by atoms with Crippen LogP contribution in [0.1, 0.15) is 10.4 Å². The van der Waals surface area contributed by atoms with Crippen molar-refractivity contribution >= 4 is 12.1 Å². The predicted octanol–water partition coefficient (Wildman–Crippen LogP) is -0.0691. The van der Waals surface area contributed by atoms with Crippen molar-refractivity contribution < 1.29 is 4.79 Å². The highest BCUT2D eigenvalue weighted by Gasteiger charge is 2.15. The normalized spacial score (nSPS) is 10.3. The van der Waals surface area contributed by atoms with E-state index in [2.05, 4.69) is 0 Å². The second kappa shape index (κ2) is 4.33. The monoisotopic (exact) mass is 245 g/mol. The lowest BCUT2D eigenvalue weighted by Crippen LogP contribution is -2.41. The molecule has 0 spiro atoms. The molecule has 0 aliphatic heterocycles. The number of hydrogen-bond acceptors (Lipinski definition) is 4. The van der Waals surface area contributed by atoms with Crippen molar-refractivity contribution in [2.45, 2.75) is 0 Å². The summed E-state index contributed by atoms with van der Waals surface area (Å²) in [5.41, 5.74) is 4.43. The van der Waals surface area contributed by atoms with Gasteiger partial charge in [-0.3, -0.25) is 14.2 Å². The minimum atomic E-state index is -0.711. The molecule has 0 radical (unpaired) electrons. The van der Waals surface area contributed by atoms with Gasteiger partial charge < -0.3 is 5.73 Å². The molecule has 2 N–H and O–H groups in total. The number of carbonyl (C=O) groups excluding carboxylic acids is 1. The Balaban J connectivity index is 2.93. The summed E-state index contributed by atoms with van der Waals surface area (Å²) >= 11 is 0. The van der Waals surface area contributed by atoms with E-state index in [0.717, 1.165) is 9.13 Å². The van der Waals surface area contributed by atoms with Gasteiger partial charge in [-0.2, -0.15) is 0 Å². The van der Waals surface area contributed by atoms with Crippen LogP contribution in [0.25, 0.3) is 5.69 Å². The van der Waals surface area contributed by atoms with E-state index < -0.39 is 11.2 Å². The van der Waals surface area contributed by atoms with Crippen LogP contribution in [-0.2, 0) is 7.05 Å². The van der Waals surface area contributed by atoms with Gasteiger partial charge in [0.1, 0.15) is 11.4 Å². The molecule has 1 aromatic carbocycles. The van der Waals surface area contributed by atoms with Crippen LogP contribution in [0.5, 0.6) is 0 Å². The zero-order valence-corrected chi connectivity index (χ0v) is 9.66. The van der Waals surface area contributed by atoms with Gasteiger partial charge >= 0.3 is 5.69 Å². The highest BCUT2D eigenvalue weighted by Crippen LogP contribution is 2.04. The number of benzene rings is 1. The summed E-state index contributed by atoms with van der Waals surface area (Å²) in [4.78, 5) is 34.9. The molecule has 6 heteroatoms. The minimum absolute atomic E-state index is 0.132. The van der Waals surface area contributed by atoms with Crippen LogP contribution in [-0.4, -0.2) is 15.4 Å². The second-order valence-electron chi connectivity index (χ2n) is 3.73. The number of anilines is 1. The Hall–Kier alpha value is -2.63. The Morgan fingerprint density at radius 2 is 1.78 bits per heavy atom. The van der Waals surface area contributed by atoms with Gasteiger partial charge in [-0.25, -0.2) is 9.36 Å². The molecular weight excluding hydrogens is 234 g/mol. The van der Waals surface area contributed by atoms with Crippen LogP contribution in [0.15, 0.2) is 39.9 Å². The van der Waals surface area contributed by atoms with Gasteiger partial charge in [0.2, 0.25) is 0 Å². The first-order valence-electron chi connectivity index (χ1n) is 5.20. The number of rotatable bonds is 2. The van der Waals surface area contributed by atoms with Crippen molar-refractivity contribution in [2.24, 2.45) is 7.05 Å². The standard InChI is InChI=1S/C12H11N3O3/c1-14-10(13)9(7-16)11(17)15(12(14)18)8-5-3-2-4-6-8/h2-7H,13H2,1H3. The molecule has 2 rings (SSSR count). The molecular formula is C12H11N3O3. The molecule has 1 heterocycles. The number of nitrogens with zero attached hydrogens (tertiary/aromatic N) is 2.